The fraction of sp³-hybridized carbons (Fsp3) is 0.615. The van der Waals surface area contributed by atoms with Crippen molar-refractivity contribution in [1.29, 1.82) is 0 Å². The molecule has 0 aromatic carbocycles. The van der Waals surface area contributed by atoms with Crippen LogP contribution in [0.15, 0.2) is 18.5 Å². The number of carboxylic acids is 1. The molecule has 6 heteroatoms. The lowest BCUT2D eigenvalue weighted by molar-refractivity contribution is -0.148. The maximum absolute atomic E-state index is 12.1. The minimum absolute atomic E-state index is 0.00655. The summed E-state index contributed by atoms with van der Waals surface area (Å²) in [6.07, 6.45) is 4.95. The third kappa shape index (κ3) is 2.77. The molecule has 1 N–H and O–H groups in total. The third-order valence-corrected chi connectivity index (χ3v) is 3.95. The van der Waals surface area contributed by atoms with Gasteiger partial charge in [0.1, 0.15) is 0 Å². The highest BCUT2D eigenvalue weighted by atomic mass is 16.4. The van der Waals surface area contributed by atoms with Crippen molar-refractivity contribution in [2.24, 2.45) is 5.41 Å². The number of carboxylic acid groups (broad SMARTS) is 1. The van der Waals surface area contributed by atoms with Crippen molar-refractivity contribution >= 4 is 11.9 Å². The standard InChI is InChI=1S/C13H19N3O3/c1-2-13(12(18)19)5-9-15(10-13)11(17)4-8-16-7-3-6-14-16/h3,6-7H,2,4-5,8-10H2,1H3,(H,18,19). The van der Waals surface area contributed by atoms with Gasteiger partial charge >= 0.3 is 5.97 Å². The smallest absolute Gasteiger partial charge is 0.311 e. The molecule has 0 spiro atoms. The van der Waals surface area contributed by atoms with Crippen LogP contribution in [0.4, 0.5) is 0 Å². The summed E-state index contributed by atoms with van der Waals surface area (Å²) in [5.41, 5.74) is -0.749. The van der Waals surface area contributed by atoms with Gasteiger partial charge in [-0.2, -0.15) is 5.10 Å². The Morgan fingerprint density at radius 1 is 1.47 bits per heavy atom. The fourth-order valence-corrected chi connectivity index (χ4v) is 2.50. The average molecular weight is 265 g/mol. The first-order valence-electron chi connectivity index (χ1n) is 6.56. The number of likely N-dealkylation sites (tertiary alicyclic amines) is 1. The van der Waals surface area contributed by atoms with E-state index in [4.69, 9.17) is 0 Å². The first kappa shape index (κ1) is 13.6. The Labute approximate surface area is 112 Å². The lowest BCUT2D eigenvalue weighted by Crippen LogP contribution is -2.36. The molecule has 19 heavy (non-hydrogen) atoms. The quantitative estimate of drug-likeness (QED) is 0.861. The topological polar surface area (TPSA) is 75.4 Å². The molecule has 0 saturated carbocycles. The summed E-state index contributed by atoms with van der Waals surface area (Å²) in [6.45, 7) is 3.27. The Hall–Kier alpha value is -1.85. The molecule has 1 saturated heterocycles. The van der Waals surface area contributed by atoms with Crippen LogP contribution in [0.2, 0.25) is 0 Å². The van der Waals surface area contributed by atoms with Crippen molar-refractivity contribution in [2.45, 2.75) is 32.7 Å². The summed E-state index contributed by atoms with van der Waals surface area (Å²) >= 11 is 0. The molecule has 2 heterocycles. The maximum atomic E-state index is 12.1. The van der Waals surface area contributed by atoms with Crippen molar-refractivity contribution < 1.29 is 14.7 Å². The second-order valence-electron chi connectivity index (χ2n) is 5.02. The molecular formula is C13H19N3O3. The van der Waals surface area contributed by atoms with E-state index in [1.165, 1.54) is 0 Å². The summed E-state index contributed by atoms with van der Waals surface area (Å²) in [5.74, 6) is -0.788. The minimum atomic E-state index is -0.794. The molecule has 104 valence electrons. The van der Waals surface area contributed by atoms with Crippen molar-refractivity contribution in [2.75, 3.05) is 13.1 Å². The van der Waals surface area contributed by atoms with E-state index in [-0.39, 0.29) is 5.91 Å². The third-order valence-electron chi connectivity index (χ3n) is 3.95. The molecule has 1 amide bonds. The van der Waals surface area contributed by atoms with Gasteiger partial charge in [0.25, 0.3) is 0 Å². The molecule has 6 nitrogen and oxygen atoms in total. The number of aryl methyl sites for hydroxylation is 1. The molecule has 1 aromatic rings. The van der Waals surface area contributed by atoms with Crippen LogP contribution in [0.25, 0.3) is 0 Å². The molecule has 1 aliphatic heterocycles. The van der Waals surface area contributed by atoms with Crippen LogP contribution in [-0.2, 0) is 16.1 Å². The Morgan fingerprint density at radius 2 is 2.26 bits per heavy atom. The van der Waals surface area contributed by atoms with Gasteiger partial charge < -0.3 is 10.0 Å². The second-order valence-corrected chi connectivity index (χ2v) is 5.02. The fourth-order valence-electron chi connectivity index (χ4n) is 2.50. The van der Waals surface area contributed by atoms with E-state index in [0.717, 1.165) is 0 Å². The number of carbonyl (C=O) groups excluding carboxylic acids is 1. The number of nitrogens with zero attached hydrogens (tertiary/aromatic N) is 3. The molecule has 2 rings (SSSR count). The predicted molar refractivity (Wildman–Crippen MR) is 68.4 cm³/mol. The summed E-state index contributed by atoms with van der Waals surface area (Å²) in [5, 5.41) is 13.3. The van der Waals surface area contributed by atoms with E-state index in [2.05, 4.69) is 5.10 Å². The Kier molecular flexibility index (Phi) is 3.87. The minimum Gasteiger partial charge on any atom is -0.481 e. The zero-order valence-electron chi connectivity index (χ0n) is 11.1. The highest BCUT2D eigenvalue weighted by molar-refractivity contribution is 5.80. The van der Waals surface area contributed by atoms with Crippen LogP contribution in [0.5, 0.6) is 0 Å². The Morgan fingerprint density at radius 3 is 2.79 bits per heavy atom. The molecular weight excluding hydrogens is 246 g/mol. The van der Waals surface area contributed by atoms with Crippen molar-refractivity contribution in [3.05, 3.63) is 18.5 Å². The number of hydrogen-bond donors (Lipinski definition) is 1. The van der Waals surface area contributed by atoms with E-state index < -0.39 is 11.4 Å². The summed E-state index contributed by atoms with van der Waals surface area (Å²) < 4.78 is 1.71. The molecule has 0 bridgehead atoms. The van der Waals surface area contributed by atoms with E-state index in [0.29, 0.717) is 38.9 Å². The summed E-state index contributed by atoms with van der Waals surface area (Å²) in [6, 6.07) is 1.81. The molecule has 0 aliphatic carbocycles. The van der Waals surface area contributed by atoms with Crippen LogP contribution in [0.3, 0.4) is 0 Å². The summed E-state index contributed by atoms with van der Waals surface area (Å²) in [4.78, 5) is 25.0. The first-order chi connectivity index (χ1) is 9.07. The van der Waals surface area contributed by atoms with Gasteiger partial charge in [0.15, 0.2) is 0 Å². The van der Waals surface area contributed by atoms with E-state index >= 15 is 0 Å². The van der Waals surface area contributed by atoms with Gasteiger partial charge in [-0.3, -0.25) is 14.3 Å². The first-order valence-corrected chi connectivity index (χ1v) is 6.56. The largest absolute Gasteiger partial charge is 0.481 e. The average Bonchev–Trinajstić information content (AvgIpc) is 3.05. The van der Waals surface area contributed by atoms with Gasteiger partial charge in [-0.05, 0) is 18.9 Å². The molecule has 0 radical (unpaired) electrons. The lowest BCUT2D eigenvalue weighted by Gasteiger charge is -2.23. The van der Waals surface area contributed by atoms with Crippen molar-refractivity contribution in [3.8, 4) is 0 Å². The number of aliphatic carboxylic acids is 1. The van der Waals surface area contributed by atoms with E-state index in [1.807, 2.05) is 19.2 Å². The van der Waals surface area contributed by atoms with Gasteiger partial charge in [0.05, 0.1) is 5.41 Å². The zero-order chi connectivity index (χ0) is 13.9. The number of rotatable bonds is 5. The van der Waals surface area contributed by atoms with Crippen LogP contribution in [0.1, 0.15) is 26.2 Å². The Bertz CT molecular complexity index is 458. The maximum Gasteiger partial charge on any atom is 0.311 e. The molecule has 1 atom stereocenters. The van der Waals surface area contributed by atoms with Gasteiger partial charge in [-0.1, -0.05) is 6.92 Å². The Balaban J connectivity index is 1.89. The SMILES string of the molecule is CCC1(C(=O)O)CCN(C(=O)CCn2cccn2)C1. The zero-order valence-corrected chi connectivity index (χ0v) is 11.1. The van der Waals surface area contributed by atoms with Crippen molar-refractivity contribution in [1.82, 2.24) is 14.7 Å². The van der Waals surface area contributed by atoms with Crippen LogP contribution in [-0.4, -0.2) is 44.8 Å². The predicted octanol–water partition coefficient (Wildman–Crippen LogP) is 0.986. The molecule has 1 unspecified atom stereocenters. The van der Waals surface area contributed by atoms with E-state index in [1.54, 1.807) is 15.8 Å². The highest BCUT2D eigenvalue weighted by Crippen LogP contribution is 2.34. The summed E-state index contributed by atoms with van der Waals surface area (Å²) in [7, 11) is 0. The van der Waals surface area contributed by atoms with Gasteiger partial charge in [0.2, 0.25) is 5.91 Å². The molecule has 1 aromatic heterocycles. The van der Waals surface area contributed by atoms with Crippen LogP contribution < -0.4 is 0 Å². The normalized spacial score (nSPS) is 22.7. The molecule has 1 aliphatic rings. The highest BCUT2D eigenvalue weighted by Gasteiger charge is 2.44. The number of carbonyl (C=O) groups is 2. The van der Waals surface area contributed by atoms with E-state index in [9.17, 15) is 14.7 Å². The van der Waals surface area contributed by atoms with Crippen molar-refractivity contribution in [3.63, 3.8) is 0 Å². The number of hydrogen-bond acceptors (Lipinski definition) is 3. The van der Waals surface area contributed by atoms with Crippen LogP contribution >= 0.6 is 0 Å². The van der Waals surface area contributed by atoms with Crippen LogP contribution in [0, 0.1) is 5.41 Å². The lowest BCUT2D eigenvalue weighted by atomic mass is 9.84. The van der Waals surface area contributed by atoms with Gasteiger partial charge in [-0.25, -0.2) is 0 Å². The number of amides is 1. The molecule has 1 fully saturated rings. The van der Waals surface area contributed by atoms with Gasteiger partial charge in [-0.15, -0.1) is 0 Å². The second kappa shape index (κ2) is 5.42. The monoisotopic (exact) mass is 265 g/mol. The number of aromatic nitrogens is 2. The van der Waals surface area contributed by atoms with Gasteiger partial charge in [0, 0.05) is 38.4 Å².